The first-order chi connectivity index (χ1) is 13.5. The second kappa shape index (κ2) is 7.36. The van der Waals surface area contributed by atoms with Crippen molar-refractivity contribution in [1.29, 1.82) is 0 Å². The fraction of sp³-hybridized carbons (Fsp3) is 0.0952. The van der Waals surface area contributed by atoms with Gasteiger partial charge in [-0.25, -0.2) is 9.37 Å². The number of thiophene rings is 1. The predicted octanol–water partition coefficient (Wildman–Crippen LogP) is 4.21. The van der Waals surface area contributed by atoms with Gasteiger partial charge in [0.15, 0.2) is 0 Å². The third kappa shape index (κ3) is 3.44. The van der Waals surface area contributed by atoms with E-state index < -0.39 is 11.7 Å². The van der Waals surface area contributed by atoms with Crippen molar-refractivity contribution >= 4 is 33.1 Å². The molecule has 0 aliphatic rings. The van der Waals surface area contributed by atoms with Crippen LogP contribution in [0.4, 0.5) is 10.1 Å². The first-order valence-electron chi connectivity index (χ1n) is 8.62. The van der Waals surface area contributed by atoms with Gasteiger partial charge in [0.2, 0.25) is 5.91 Å². The number of nitrogens with one attached hydrogen (secondary N) is 1. The minimum atomic E-state index is -0.444. The molecule has 4 rings (SSSR count). The Bertz CT molecular complexity index is 1230. The lowest BCUT2D eigenvalue weighted by Gasteiger charge is -2.07. The van der Waals surface area contributed by atoms with Gasteiger partial charge < -0.3 is 5.32 Å². The average molecular weight is 393 g/mol. The van der Waals surface area contributed by atoms with Crippen LogP contribution in [0.3, 0.4) is 0 Å². The molecule has 28 heavy (non-hydrogen) atoms. The number of carbonyl (C=O) groups is 1. The molecule has 0 aliphatic carbocycles. The number of aromatic nitrogens is 2. The molecule has 0 atom stereocenters. The zero-order valence-electron chi connectivity index (χ0n) is 15.0. The Hall–Kier alpha value is -3.32. The van der Waals surface area contributed by atoms with Crippen LogP contribution in [0.1, 0.15) is 5.56 Å². The van der Waals surface area contributed by atoms with E-state index in [-0.39, 0.29) is 12.1 Å². The highest BCUT2D eigenvalue weighted by molar-refractivity contribution is 7.22. The Labute approximate surface area is 164 Å². The summed E-state index contributed by atoms with van der Waals surface area (Å²) in [4.78, 5) is 31.2. The first kappa shape index (κ1) is 18.1. The minimum absolute atomic E-state index is 0.200. The van der Waals surface area contributed by atoms with Gasteiger partial charge in [-0.15, -0.1) is 11.3 Å². The number of carbonyl (C=O) groups excluding carboxylic acids is 1. The van der Waals surface area contributed by atoms with E-state index >= 15 is 0 Å². The van der Waals surface area contributed by atoms with E-state index in [0.717, 1.165) is 16.0 Å². The standard InChI is InChI=1S/C21H16FN3O2S/c1-13-18-20(28-19(13)14-6-3-2-4-7-14)23-12-25(21(18)27)11-17(26)24-16-9-5-8-15(22)10-16/h2-10,12H,11H2,1H3,(H,24,26). The highest BCUT2D eigenvalue weighted by Crippen LogP contribution is 2.35. The number of aryl methyl sites for hydroxylation is 1. The second-order valence-corrected chi connectivity index (χ2v) is 7.34. The SMILES string of the molecule is Cc1c(-c2ccccc2)sc2ncn(CC(=O)Nc3cccc(F)c3)c(=O)c12. The van der Waals surface area contributed by atoms with Crippen LogP contribution in [0.25, 0.3) is 20.7 Å². The zero-order chi connectivity index (χ0) is 19.7. The number of nitrogens with zero attached hydrogens (tertiary/aromatic N) is 2. The molecule has 0 spiro atoms. The summed E-state index contributed by atoms with van der Waals surface area (Å²) >= 11 is 1.46. The lowest BCUT2D eigenvalue weighted by molar-refractivity contribution is -0.116. The van der Waals surface area contributed by atoms with E-state index in [1.807, 2.05) is 37.3 Å². The molecule has 4 aromatic rings. The van der Waals surface area contributed by atoms with Crippen molar-refractivity contribution in [3.8, 4) is 10.4 Å². The van der Waals surface area contributed by atoms with Crippen LogP contribution in [-0.2, 0) is 11.3 Å². The maximum Gasteiger partial charge on any atom is 0.262 e. The molecule has 0 unspecified atom stereocenters. The van der Waals surface area contributed by atoms with Crippen molar-refractivity contribution in [2.75, 3.05) is 5.32 Å². The second-order valence-electron chi connectivity index (χ2n) is 6.34. The van der Waals surface area contributed by atoms with Crippen molar-refractivity contribution in [1.82, 2.24) is 9.55 Å². The van der Waals surface area contributed by atoms with Gasteiger partial charge in [0, 0.05) is 10.6 Å². The fourth-order valence-electron chi connectivity index (χ4n) is 3.06. The Morgan fingerprint density at radius 3 is 2.71 bits per heavy atom. The molecular weight excluding hydrogens is 377 g/mol. The van der Waals surface area contributed by atoms with Crippen molar-refractivity contribution < 1.29 is 9.18 Å². The van der Waals surface area contributed by atoms with Crippen LogP contribution in [0.5, 0.6) is 0 Å². The Morgan fingerprint density at radius 2 is 1.96 bits per heavy atom. The van der Waals surface area contributed by atoms with Crippen molar-refractivity contribution in [2.24, 2.45) is 0 Å². The number of hydrogen-bond acceptors (Lipinski definition) is 4. The van der Waals surface area contributed by atoms with Gasteiger partial charge in [0.1, 0.15) is 17.2 Å². The third-order valence-corrected chi connectivity index (χ3v) is 5.62. The Morgan fingerprint density at radius 1 is 1.18 bits per heavy atom. The van der Waals surface area contributed by atoms with Gasteiger partial charge in [-0.1, -0.05) is 36.4 Å². The summed E-state index contributed by atoms with van der Waals surface area (Å²) in [5, 5.41) is 3.11. The van der Waals surface area contributed by atoms with Gasteiger partial charge in [-0.2, -0.15) is 0 Å². The lowest BCUT2D eigenvalue weighted by Crippen LogP contribution is -2.27. The highest BCUT2D eigenvalue weighted by Gasteiger charge is 2.16. The molecule has 140 valence electrons. The largest absolute Gasteiger partial charge is 0.324 e. The molecule has 2 aromatic carbocycles. The minimum Gasteiger partial charge on any atom is -0.324 e. The third-order valence-electron chi connectivity index (χ3n) is 4.38. The highest BCUT2D eigenvalue weighted by atomic mass is 32.1. The molecule has 0 radical (unpaired) electrons. The fourth-order valence-corrected chi connectivity index (χ4v) is 4.20. The van der Waals surface area contributed by atoms with E-state index in [4.69, 9.17) is 0 Å². The molecule has 0 saturated heterocycles. The number of anilines is 1. The summed E-state index contributed by atoms with van der Waals surface area (Å²) in [6.07, 6.45) is 1.38. The molecular formula is C21H16FN3O2S. The van der Waals surface area contributed by atoms with Crippen molar-refractivity contribution in [3.05, 3.63) is 82.7 Å². The Kier molecular flexibility index (Phi) is 4.75. The van der Waals surface area contributed by atoms with Crippen LogP contribution in [-0.4, -0.2) is 15.5 Å². The topological polar surface area (TPSA) is 64.0 Å². The van der Waals surface area contributed by atoms with E-state index in [1.165, 1.54) is 40.4 Å². The lowest BCUT2D eigenvalue weighted by atomic mass is 10.1. The number of hydrogen-bond donors (Lipinski definition) is 1. The maximum atomic E-state index is 13.3. The maximum absolute atomic E-state index is 13.3. The monoisotopic (exact) mass is 393 g/mol. The smallest absolute Gasteiger partial charge is 0.262 e. The van der Waals surface area contributed by atoms with Crippen LogP contribution in [0.15, 0.2) is 65.7 Å². The van der Waals surface area contributed by atoms with Crippen molar-refractivity contribution in [3.63, 3.8) is 0 Å². The molecule has 0 aliphatic heterocycles. The van der Waals surface area contributed by atoms with E-state index in [2.05, 4.69) is 10.3 Å². The molecule has 0 bridgehead atoms. The summed E-state index contributed by atoms with van der Waals surface area (Å²) in [6.45, 7) is 1.69. The van der Waals surface area contributed by atoms with E-state index in [9.17, 15) is 14.0 Å². The van der Waals surface area contributed by atoms with E-state index in [1.54, 1.807) is 6.07 Å². The number of amides is 1. The molecule has 2 aromatic heterocycles. The van der Waals surface area contributed by atoms with Crippen LogP contribution >= 0.6 is 11.3 Å². The van der Waals surface area contributed by atoms with Crippen LogP contribution < -0.4 is 10.9 Å². The van der Waals surface area contributed by atoms with Gasteiger partial charge >= 0.3 is 0 Å². The van der Waals surface area contributed by atoms with Crippen molar-refractivity contribution in [2.45, 2.75) is 13.5 Å². The number of halogens is 1. The Balaban J connectivity index is 1.65. The van der Waals surface area contributed by atoms with Gasteiger partial charge in [0.05, 0.1) is 11.7 Å². The van der Waals surface area contributed by atoms with Gasteiger partial charge in [-0.3, -0.25) is 14.2 Å². The molecule has 0 saturated carbocycles. The summed E-state index contributed by atoms with van der Waals surface area (Å²) < 4.78 is 14.5. The molecule has 0 fully saturated rings. The first-order valence-corrected chi connectivity index (χ1v) is 9.44. The summed E-state index contributed by atoms with van der Waals surface area (Å²) in [5.41, 5.74) is 1.95. The molecule has 7 heteroatoms. The zero-order valence-corrected chi connectivity index (χ0v) is 15.8. The molecule has 5 nitrogen and oxygen atoms in total. The molecule has 1 N–H and O–H groups in total. The summed E-state index contributed by atoms with van der Waals surface area (Å²) in [5.74, 6) is -0.870. The van der Waals surface area contributed by atoms with E-state index in [0.29, 0.717) is 15.9 Å². The molecule has 2 heterocycles. The predicted molar refractivity (Wildman–Crippen MR) is 109 cm³/mol. The average Bonchev–Trinajstić information content (AvgIpc) is 3.02. The van der Waals surface area contributed by atoms with Crippen LogP contribution in [0, 0.1) is 12.7 Å². The number of fused-ring (bicyclic) bond motifs is 1. The van der Waals surface area contributed by atoms with Gasteiger partial charge in [-0.05, 0) is 36.2 Å². The van der Waals surface area contributed by atoms with Gasteiger partial charge in [0.25, 0.3) is 5.56 Å². The summed E-state index contributed by atoms with van der Waals surface area (Å²) in [7, 11) is 0. The molecule has 1 amide bonds. The quantitative estimate of drug-likeness (QED) is 0.565. The normalized spacial score (nSPS) is 10.9. The van der Waals surface area contributed by atoms with Crippen LogP contribution in [0.2, 0.25) is 0 Å². The number of rotatable bonds is 4. The summed E-state index contributed by atoms with van der Waals surface area (Å²) in [6, 6.07) is 15.4. The number of benzene rings is 2.